The van der Waals surface area contributed by atoms with Crippen molar-refractivity contribution in [1.29, 1.82) is 0 Å². The standard InChI is InChI=1S/C3H4BrN3S/c1-7-3(6-4)8-2-5-7/h2H,1H3. The molecule has 0 bridgehead atoms. The molecule has 0 N–H and O–H groups in total. The van der Waals surface area contributed by atoms with Crippen molar-refractivity contribution in [2.24, 2.45) is 11.1 Å². The maximum absolute atomic E-state index is 3.90. The van der Waals surface area contributed by atoms with E-state index in [-0.39, 0.29) is 0 Å². The molecular formula is C3H4BrN3S. The van der Waals surface area contributed by atoms with Crippen molar-refractivity contribution in [3.8, 4) is 0 Å². The summed E-state index contributed by atoms with van der Waals surface area (Å²) in [5.41, 5.74) is 1.74. The van der Waals surface area contributed by atoms with Gasteiger partial charge in [0.05, 0.1) is 16.1 Å². The van der Waals surface area contributed by atoms with E-state index in [0.717, 1.165) is 4.80 Å². The zero-order valence-electron chi connectivity index (χ0n) is 4.21. The number of nitrogens with zero attached hydrogens (tertiary/aromatic N) is 3. The summed E-state index contributed by atoms with van der Waals surface area (Å²) >= 11 is 4.45. The minimum atomic E-state index is 0.866. The van der Waals surface area contributed by atoms with Crippen LogP contribution in [0, 0.1) is 0 Å². The first-order valence-electron chi connectivity index (χ1n) is 1.96. The largest absolute Gasteiger partial charge is 0.241 e. The minimum absolute atomic E-state index is 0.866. The summed E-state index contributed by atoms with van der Waals surface area (Å²) in [7, 11) is 1.84. The number of rotatable bonds is 0. The van der Waals surface area contributed by atoms with Crippen LogP contribution in [0.3, 0.4) is 0 Å². The fraction of sp³-hybridized carbons (Fsp3) is 0.333. The quantitative estimate of drug-likeness (QED) is 0.597. The molecule has 0 fully saturated rings. The van der Waals surface area contributed by atoms with Gasteiger partial charge in [-0.05, 0) is 0 Å². The van der Waals surface area contributed by atoms with Crippen molar-refractivity contribution in [2.45, 2.75) is 0 Å². The molecule has 44 valence electrons. The van der Waals surface area contributed by atoms with Gasteiger partial charge in [0.15, 0.2) is 0 Å². The Labute approximate surface area is 59.0 Å². The van der Waals surface area contributed by atoms with E-state index in [2.05, 4.69) is 25.3 Å². The van der Waals surface area contributed by atoms with E-state index in [0.29, 0.717) is 0 Å². The highest BCUT2D eigenvalue weighted by molar-refractivity contribution is 9.08. The molecule has 0 aliphatic rings. The van der Waals surface area contributed by atoms with E-state index < -0.39 is 0 Å². The molecule has 0 saturated heterocycles. The van der Waals surface area contributed by atoms with Crippen LogP contribution in [0.5, 0.6) is 0 Å². The lowest BCUT2D eigenvalue weighted by atomic mass is 11.2. The maximum atomic E-state index is 3.90. The molecular weight excluding hydrogens is 190 g/mol. The second-order valence-electron chi connectivity index (χ2n) is 1.23. The third-order valence-electron chi connectivity index (χ3n) is 0.728. The summed E-state index contributed by atoms with van der Waals surface area (Å²) in [5.74, 6) is 0. The number of halogens is 1. The van der Waals surface area contributed by atoms with Crippen LogP contribution in [0.1, 0.15) is 0 Å². The van der Waals surface area contributed by atoms with Gasteiger partial charge in [0.25, 0.3) is 0 Å². The van der Waals surface area contributed by atoms with Gasteiger partial charge in [0.2, 0.25) is 4.80 Å². The molecule has 8 heavy (non-hydrogen) atoms. The predicted molar refractivity (Wildman–Crippen MR) is 35.6 cm³/mol. The van der Waals surface area contributed by atoms with Gasteiger partial charge < -0.3 is 0 Å². The van der Waals surface area contributed by atoms with Crippen LogP contribution in [0.15, 0.2) is 9.53 Å². The summed E-state index contributed by atoms with van der Waals surface area (Å²) in [6, 6.07) is 0. The van der Waals surface area contributed by atoms with Crippen LogP contribution in [0.2, 0.25) is 0 Å². The molecule has 0 saturated carbocycles. The lowest BCUT2D eigenvalue weighted by molar-refractivity contribution is 0.734. The van der Waals surface area contributed by atoms with Gasteiger partial charge in [-0.1, -0.05) is 11.3 Å². The Morgan fingerprint density at radius 2 is 2.75 bits per heavy atom. The predicted octanol–water partition coefficient (Wildman–Crippen LogP) is 0.692. The highest BCUT2D eigenvalue weighted by atomic mass is 79.9. The van der Waals surface area contributed by atoms with Crippen LogP contribution in [0.25, 0.3) is 0 Å². The molecule has 1 heterocycles. The van der Waals surface area contributed by atoms with E-state index in [1.807, 2.05) is 7.05 Å². The Morgan fingerprint density at radius 3 is 3.00 bits per heavy atom. The summed E-state index contributed by atoms with van der Waals surface area (Å²) in [6.45, 7) is 0. The van der Waals surface area contributed by atoms with Gasteiger partial charge in [-0.2, -0.15) is 9.12 Å². The number of hydrogen-bond acceptors (Lipinski definition) is 3. The molecule has 0 aliphatic heterocycles. The van der Waals surface area contributed by atoms with Crippen molar-refractivity contribution in [3.63, 3.8) is 0 Å². The minimum Gasteiger partial charge on any atom is -0.241 e. The second kappa shape index (κ2) is 2.41. The molecule has 0 radical (unpaired) electrons. The summed E-state index contributed by atoms with van der Waals surface area (Å²) in [6.07, 6.45) is 0. The zero-order chi connectivity index (χ0) is 5.98. The van der Waals surface area contributed by atoms with Crippen molar-refractivity contribution < 1.29 is 0 Å². The third kappa shape index (κ3) is 0.976. The summed E-state index contributed by atoms with van der Waals surface area (Å²) in [4.78, 5) is 0.866. The van der Waals surface area contributed by atoms with Crippen molar-refractivity contribution in [3.05, 3.63) is 10.3 Å². The molecule has 1 aromatic rings. The average molecular weight is 194 g/mol. The summed E-state index contributed by atoms with van der Waals surface area (Å²) < 4.78 is 5.46. The van der Waals surface area contributed by atoms with Crippen molar-refractivity contribution in [1.82, 2.24) is 9.78 Å². The molecule has 0 spiro atoms. The van der Waals surface area contributed by atoms with Gasteiger partial charge in [0.1, 0.15) is 5.51 Å². The lowest BCUT2D eigenvalue weighted by Crippen LogP contribution is -2.09. The van der Waals surface area contributed by atoms with E-state index in [1.54, 1.807) is 10.2 Å². The first-order chi connectivity index (χ1) is 3.84. The van der Waals surface area contributed by atoms with Gasteiger partial charge in [-0.3, -0.25) is 0 Å². The van der Waals surface area contributed by atoms with E-state index in [4.69, 9.17) is 0 Å². The van der Waals surface area contributed by atoms with Crippen LogP contribution in [-0.2, 0) is 7.05 Å². The van der Waals surface area contributed by atoms with Crippen LogP contribution < -0.4 is 4.80 Å². The number of aryl methyl sites for hydroxylation is 1. The molecule has 1 rings (SSSR count). The molecule has 0 unspecified atom stereocenters. The third-order valence-corrected chi connectivity index (χ3v) is 2.06. The second-order valence-corrected chi connectivity index (χ2v) is 2.40. The molecule has 0 aliphatic carbocycles. The average Bonchev–Trinajstić information content (AvgIpc) is 2.14. The Bertz CT molecular complexity index is 224. The summed E-state index contributed by atoms with van der Waals surface area (Å²) in [5, 5.41) is 3.90. The van der Waals surface area contributed by atoms with Crippen molar-refractivity contribution >= 4 is 27.5 Å². The lowest BCUT2D eigenvalue weighted by Gasteiger charge is -1.79. The smallest absolute Gasteiger partial charge is 0.214 e. The number of hydrogen-bond donors (Lipinski definition) is 0. The molecule has 0 atom stereocenters. The first kappa shape index (κ1) is 5.97. The fourth-order valence-corrected chi connectivity index (χ4v) is 1.34. The van der Waals surface area contributed by atoms with Crippen LogP contribution in [-0.4, -0.2) is 9.78 Å². The monoisotopic (exact) mass is 193 g/mol. The number of aromatic nitrogens is 2. The van der Waals surface area contributed by atoms with E-state index >= 15 is 0 Å². The SMILES string of the molecule is Cn1ncsc1=NBr. The molecule has 0 amide bonds. The normalized spacial score (nSPS) is 12.5. The molecule has 0 aromatic carbocycles. The van der Waals surface area contributed by atoms with Gasteiger partial charge in [-0.15, -0.1) is 0 Å². The van der Waals surface area contributed by atoms with Gasteiger partial charge in [0, 0.05) is 7.05 Å². The Morgan fingerprint density at radius 1 is 2.00 bits per heavy atom. The molecule has 1 aromatic heterocycles. The maximum Gasteiger partial charge on any atom is 0.214 e. The highest BCUT2D eigenvalue weighted by Gasteiger charge is 1.83. The Balaban J connectivity index is 3.31. The topological polar surface area (TPSA) is 30.2 Å². The van der Waals surface area contributed by atoms with Crippen molar-refractivity contribution in [2.75, 3.05) is 0 Å². The van der Waals surface area contributed by atoms with Gasteiger partial charge in [-0.25, -0.2) is 4.68 Å². The van der Waals surface area contributed by atoms with Crippen LogP contribution in [0.4, 0.5) is 0 Å². The fourth-order valence-electron chi connectivity index (χ4n) is 0.342. The molecule has 3 nitrogen and oxygen atoms in total. The Hall–Kier alpha value is -0.160. The van der Waals surface area contributed by atoms with Gasteiger partial charge >= 0.3 is 0 Å². The van der Waals surface area contributed by atoms with E-state index in [1.165, 1.54) is 11.3 Å². The zero-order valence-corrected chi connectivity index (χ0v) is 6.61. The van der Waals surface area contributed by atoms with E-state index in [9.17, 15) is 0 Å². The Kier molecular flexibility index (Phi) is 1.80. The first-order valence-corrected chi connectivity index (χ1v) is 3.55. The highest BCUT2D eigenvalue weighted by Crippen LogP contribution is 1.83. The molecule has 5 heteroatoms. The van der Waals surface area contributed by atoms with Crippen LogP contribution >= 0.6 is 27.5 Å².